The molecule has 0 amide bonds. The van der Waals surface area contributed by atoms with Crippen molar-refractivity contribution in [2.75, 3.05) is 11.5 Å². The molecule has 1 aromatic heterocycles. The number of nitrogen functional groups attached to an aromatic ring is 2. The van der Waals surface area contributed by atoms with E-state index in [1.54, 1.807) is 0 Å². The Morgan fingerprint density at radius 3 is 2.44 bits per heavy atom. The van der Waals surface area contributed by atoms with Gasteiger partial charge in [0, 0.05) is 11.0 Å². The molecule has 94 valence electrons. The molecule has 1 aromatic carbocycles. The Morgan fingerprint density at radius 1 is 1.17 bits per heavy atom. The van der Waals surface area contributed by atoms with Crippen molar-refractivity contribution in [1.29, 1.82) is 0 Å². The molecule has 2 rings (SSSR count). The van der Waals surface area contributed by atoms with Gasteiger partial charge in [-0.05, 0) is 30.3 Å². The standard InChI is InChI=1S/C12H14N4OS/c1-7-2-3-9(8(4-7)6-17)18-12-15-10(13)5-11(14)16-12/h2-5,17H,6H2,1H3,(H4,13,14,15,16). The van der Waals surface area contributed by atoms with Crippen LogP contribution in [0.2, 0.25) is 0 Å². The molecule has 0 aliphatic carbocycles. The molecule has 0 saturated carbocycles. The maximum absolute atomic E-state index is 9.33. The Balaban J connectivity index is 2.33. The monoisotopic (exact) mass is 262 g/mol. The van der Waals surface area contributed by atoms with E-state index in [1.165, 1.54) is 17.8 Å². The highest BCUT2D eigenvalue weighted by Gasteiger charge is 2.07. The van der Waals surface area contributed by atoms with Gasteiger partial charge in [0.1, 0.15) is 11.6 Å². The van der Waals surface area contributed by atoms with Crippen molar-refractivity contribution in [2.24, 2.45) is 0 Å². The fraction of sp³-hybridized carbons (Fsp3) is 0.167. The van der Waals surface area contributed by atoms with Crippen LogP contribution >= 0.6 is 11.8 Å². The van der Waals surface area contributed by atoms with Gasteiger partial charge in [-0.25, -0.2) is 9.97 Å². The van der Waals surface area contributed by atoms with Crippen LogP contribution in [0.25, 0.3) is 0 Å². The molecule has 0 aliphatic rings. The fourth-order valence-electron chi connectivity index (χ4n) is 1.54. The topological polar surface area (TPSA) is 98.0 Å². The number of nitrogens with zero attached hydrogens (tertiary/aromatic N) is 2. The highest BCUT2D eigenvalue weighted by Crippen LogP contribution is 2.29. The summed E-state index contributed by atoms with van der Waals surface area (Å²) in [5.41, 5.74) is 13.2. The van der Waals surface area contributed by atoms with Crippen molar-refractivity contribution in [2.45, 2.75) is 23.6 Å². The summed E-state index contributed by atoms with van der Waals surface area (Å²) in [5.74, 6) is 0.672. The van der Waals surface area contributed by atoms with Gasteiger partial charge in [0.05, 0.1) is 6.61 Å². The second kappa shape index (κ2) is 5.24. The van der Waals surface area contributed by atoms with E-state index in [2.05, 4.69) is 9.97 Å². The lowest BCUT2D eigenvalue weighted by Gasteiger charge is -2.07. The molecule has 5 N–H and O–H groups in total. The zero-order valence-corrected chi connectivity index (χ0v) is 10.7. The SMILES string of the molecule is Cc1ccc(Sc2nc(N)cc(N)n2)c(CO)c1. The number of aliphatic hydroxyl groups excluding tert-OH is 1. The van der Waals surface area contributed by atoms with Crippen LogP contribution < -0.4 is 11.5 Å². The highest BCUT2D eigenvalue weighted by atomic mass is 32.2. The molecule has 0 saturated heterocycles. The summed E-state index contributed by atoms with van der Waals surface area (Å²) in [4.78, 5) is 9.09. The first kappa shape index (κ1) is 12.7. The quantitative estimate of drug-likeness (QED) is 0.727. The van der Waals surface area contributed by atoms with Gasteiger partial charge in [-0.3, -0.25) is 0 Å². The van der Waals surface area contributed by atoms with Crippen LogP contribution in [0.15, 0.2) is 34.3 Å². The molecule has 5 nitrogen and oxygen atoms in total. The minimum Gasteiger partial charge on any atom is -0.392 e. The number of aryl methyl sites for hydroxylation is 1. The Kier molecular flexibility index (Phi) is 3.69. The molecule has 0 aliphatic heterocycles. The summed E-state index contributed by atoms with van der Waals surface area (Å²) in [5, 5.41) is 9.80. The zero-order chi connectivity index (χ0) is 13.1. The van der Waals surface area contributed by atoms with Crippen molar-refractivity contribution in [3.05, 3.63) is 35.4 Å². The first-order chi connectivity index (χ1) is 8.58. The Morgan fingerprint density at radius 2 is 1.83 bits per heavy atom. The van der Waals surface area contributed by atoms with Crippen molar-refractivity contribution in [1.82, 2.24) is 9.97 Å². The molecule has 0 spiro atoms. The van der Waals surface area contributed by atoms with Gasteiger partial charge in [0.15, 0.2) is 5.16 Å². The van der Waals surface area contributed by atoms with Crippen LogP contribution in [0, 0.1) is 6.92 Å². The third-order valence-electron chi connectivity index (χ3n) is 2.33. The number of anilines is 2. The maximum Gasteiger partial charge on any atom is 0.196 e. The Hall–Kier alpha value is -1.79. The summed E-state index contributed by atoms with van der Waals surface area (Å²) in [6.07, 6.45) is 0. The number of aromatic nitrogens is 2. The second-order valence-corrected chi connectivity index (χ2v) is 4.88. The average molecular weight is 262 g/mol. The van der Waals surface area contributed by atoms with Gasteiger partial charge in [0.25, 0.3) is 0 Å². The van der Waals surface area contributed by atoms with E-state index >= 15 is 0 Å². The number of rotatable bonds is 3. The molecule has 0 unspecified atom stereocenters. The van der Waals surface area contributed by atoms with E-state index in [-0.39, 0.29) is 6.61 Å². The van der Waals surface area contributed by atoms with E-state index in [1.807, 2.05) is 25.1 Å². The fourth-order valence-corrected chi connectivity index (χ4v) is 2.43. The van der Waals surface area contributed by atoms with Gasteiger partial charge >= 0.3 is 0 Å². The molecule has 0 fully saturated rings. The smallest absolute Gasteiger partial charge is 0.196 e. The Bertz CT molecular complexity index is 554. The summed E-state index contributed by atoms with van der Waals surface area (Å²) < 4.78 is 0. The Labute approximate surface area is 109 Å². The van der Waals surface area contributed by atoms with Crippen molar-refractivity contribution < 1.29 is 5.11 Å². The number of aliphatic hydroxyl groups is 1. The van der Waals surface area contributed by atoms with Gasteiger partial charge in [0.2, 0.25) is 0 Å². The number of hydrogen-bond acceptors (Lipinski definition) is 6. The molecule has 18 heavy (non-hydrogen) atoms. The molecule has 1 heterocycles. The van der Waals surface area contributed by atoms with Crippen molar-refractivity contribution in [3.63, 3.8) is 0 Å². The van der Waals surface area contributed by atoms with Crippen LogP contribution in [0.4, 0.5) is 11.6 Å². The molecule has 6 heteroatoms. The van der Waals surface area contributed by atoms with Crippen LogP contribution in [-0.2, 0) is 6.61 Å². The number of hydrogen-bond donors (Lipinski definition) is 3. The van der Waals surface area contributed by atoms with E-state index in [0.717, 1.165) is 16.0 Å². The van der Waals surface area contributed by atoms with E-state index in [9.17, 15) is 5.11 Å². The number of benzene rings is 1. The summed E-state index contributed by atoms with van der Waals surface area (Å²) in [6.45, 7) is 1.95. The van der Waals surface area contributed by atoms with Crippen molar-refractivity contribution >= 4 is 23.4 Å². The predicted molar refractivity (Wildman–Crippen MR) is 72.1 cm³/mol. The minimum atomic E-state index is -0.0260. The molecular weight excluding hydrogens is 248 g/mol. The minimum absolute atomic E-state index is 0.0260. The lowest BCUT2D eigenvalue weighted by molar-refractivity contribution is 0.279. The first-order valence-electron chi connectivity index (χ1n) is 5.37. The average Bonchev–Trinajstić information content (AvgIpc) is 2.30. The normalized spacial score (nSPS) is 10.6. The second-order valence-electron chi connectivity index (χ2n) is 3.87. The maximum atomic E-state index is 9.33. The van der Waals surface area contributed by atoms with Gasteiger partial charge in [-0.15, -0.1) is 0 Å². The van der Waals surface area contributed by atoms with Gasteiger partial charge < -0.3 is 16.6 Å². The van der Waals surface area contributed by atoms with Crippen LogP contribution in [0.3, 0.4) is 0 Å². The third kappa shape index (κ3) is 2.91. The first-order valence-corrected chi connectivity index (χ1v) is 6.18. The molecule has 2 aromatic rings. The van der Waals surface area contributed by atoms with Crippen molar-refractivity contribution in [3.8, 4) is 0 Å². The largest absolute Gasteiger partial charge is 0.392 e. The van der Waals surface area contributed by atoms with E-state index in [4.69, 9.17) is 11.5 Å². The van der Waals surface area contributed by atoms with Gasteiger partial charge in [-0.1, -0.05) is 17.7 Å². The molecular formula is C12H14N4OS. The summed E-state index contributed by atoms with van der Waals surface area (Å²) in [7, 11) is 0. The third-order valence-corrected chi connectivity index (χ3v) is 3.32. The van der Waals surface area contributed by atoms with Crippen LogP contribution in [0.1, 0.15) is 11.1 Å². The molecule has 0 radical (unpaired) electrons. The van der Waals surface area contributed by atoms with Crippen LogP contribution in [0.5, 0.6) is 0 Å². The molecule has 0 atom stereocenters. The lowest BCUT2D eigenvalue weighted by atomic mass is 10.1. The van der Waals surface area contributed by atoms with Crippen LogP contribution in [-0.4, -0.2) is 15.1 Å². The lowest BCUT2D eigenvalue weighted by Crippen LogP contribution is -1.99. The highest BCUT2D eigenvalue weighted by molar-refractivity contribution is 7.99. The van der Waals surface area contributed by atoms with E-state index < -0.39 is 0 Å². The predicted octanol–water partition coefficient (Wildman–Crippen LogP) is 1.59. The summed E-state index contributed by atoms with van der Waals surface area (Å²) >= 11 is 1.33. The van der Waals surface area contributed by atoms with E-state index in [0.29, 0.717) is 16.8 Å². The summed E-state index contributed by atoms with van der Waals surface area (Å²) in [6, 6.07) is 7.33. The molecule has 0 bridgehead atoms. The zero-order valence-electron chi connectivity index (χ0n) is 9.92. The van der Waals surface area contributed by atoms with Gasteiger partial charge in [-0.2, -0.15) is 0 Å². The number of nitrogens with two attached hydrogens (primary N) is 2.